The summed E-state index contributed by atoms with van der Waals surface area (Å²) in [7, 11) is 0. The third-order valence-electron chi connectivity index (χ3n) is 2.51. The number of hydrogen-bond donors (Lipinski definition) is 0. The molecule has 2 aromatic rings. The molecule has 0 amide bonds. The summed E-state index contributed by atoms with van der Waals surface area (Å²) in [6.07, 6.45) is 2.78. The molecule has 0 atom stereocenters. The Hall–Kier alpha value is -1.64. The molecule has 2 heterocycles. The third-order valence-corrected chi connectivity index (χ3v) is 2.51. The van der Waals surface area contributed by atoms with Gasteiger partial charge in [-0.3, -0.25) is 9.20 Å². The van der Waals surface area contributed by atoms with E-state index in [4.69, 9.17) is 0 Å². The number of pyridine rings is 1. The molecule has 0 radical (unpaired) electrons. The molecule has 3 nitrogen and oxygen atoms in total. The number of carbonyl (C=O) groups excluding carboxylic acids is 1. The van der Waals surface area contributed by atoms with Crippen LogP contribution in [0.4, 0.5) is 0 Å². The van der Waals surface area contributed by atoms with E-state index in [0.717, 1.165) is 23.2 Å². The van der Waals surface area contributed by atoms with Crippen molar-refractivity contribution in [3.63, 3.8) is 0 Å². The summed E-state index contributed by atoms with van der Waals surface area (Å²) in [6.45, 7) is 6.10. The van der Waals surface area contributed by atoms with Crippen LogP contribution in [0, 0.1) is 6.92 Å². The summed E-state index contributed by atoms with van der Waals surface area (Å²) in [5, 5.41) is 0. The Labute approximate surface area is 88.8 Å². The molecule has 0 aliphatic carbocycles. The van der Waals surface area contributed by atoms with Crippen LogP contribution in [0.25, 0.3) is 5.65 Å². The summed E-state index contributed by atoms with van der Waals surface area (Å²) in [5.74, 6) is 0.269. The van der Waals surface area contributed by atoms with Crippen LogP contribution in [0.15, 0.2) is 18.3 Å². The number of hydrogen-bond acceptors (Lipinski definition) is 2. The lowest BCUT2D eigenvalue weighted by molar-refractivity contribution is 0.111. The lowest BCUT2D eigenvalue weighted by Crippen LogP contribution is -1.96. The number of carbonyl (C=O) groups is 1. The second-order valence-electron chi connectivity index (χ2n) is 4.09. The average molecular weight is 202 g/mol. The van der Waals surface area contributed by atoms with E-state index < -0.39 is 0 Å². The first-order valence-electron chi connectivity index (χ1n) is 5.07. The van der Waals surface area contributed by atoms with Crippen LogP contribution in [-0.2, 0) is 0 Å². The summed E-state index contributed by atoms with van der Waals surface area (Å²) in [5.41, 5.74) is 3.54. The lowest BCUT2D eigenvalue weighted by atomic mass is 10.1. The number of nitrogens with zero attached hydrogens (tertiary/aromatic N) is 2. The van der Waals surface area contributed by atoms with Crippen LogP contribution in [-0.4, -0.2) is 15.7 Å². The maximum Gasteiger partial charge on any atom is 0.168 e. The molecule has 78 valence electrons. The largest absolute Gasteiger partial charge is 0.297 e. The van der Waals surface area contributed by atoms with Crippen LogP contribution in [0.3, 0.4) is 0 Å². The number of aldehydes is 1. The van der Waals surface area contributed by atoms with Crippen LogP contribution in [0.2, 0.25) is 0 Å². The van der Waals surface area contributed by atoms with E-state index in [9.17, 15) is 4.79 Å². The smallest absolute Gasteiger partial charge is 0.168 e. The van der Waals surface area contributed by atoms with Crippen molar-refractivity contribution in [1.29, 1.82) is 0 Å². The molecule has 0 bridgehead atoms. The highest BCUT2D eigenvalue weighted by Crippen LogP contribution is 2.19. The van der Waals surface area contributed by atoms with E-state index >= 15 is 0 Å². The van der Waals surface area contributed by atoms with E-state index in [1.165, 1.54) is 0 Å². The zero-order chi connectivity index (χ0) is 11.0. The van der Waals surface area contributed by atoms with Crippen molar-refractivity contribution < 1.29 is 4.79 Å². The SMILES string of the molecule is Cc1ccn2c(C=O)c(C(C)C)nc2c1. The van der Waals surface area contributed by atoms with Gasteiger partial charge in [0.1, 0.15) is 11.3 Å². The van der Waals surface area contributed by atoms with Gasteiger partial charge in [-0.15, -0.1) is 0 Å². The predicted octanol–water partition coefficient (Wildman–Crippen LogP) is 2.58. The van der Waals surface area contributed by atoms with Gasteiger partial charge in [0.2, 0.25) is 0 Å². The maximum atomic E-state index is 11.0. The van der Waals surface area contributed by atoms with E-state index in [2.05, 4.69) is 4.98 Å². The van der Waals surface area contributed by atoms with Gasteiger partial charge >= 0.3 is 0 Å². The fraction of sp³-hybridized carbons (Fsp3) is 0.333. The first-order valence-corrected chi connectivity index (χ1v) is 5.07. The molecule has 0 unspecified atom stereocenters. The second kappa shape index (κ2) is 3.50. The van der Waals surface area contributed by atoms with Crippen molar-refractivity contribution in [3.8, 4) is 0 Å². The Bertz CT molecular complexity index is 512. The second-order valence-corrected chi connectivity index (χ2v) is 4.09. The van der Waals surface area contributed by atoms with E-state index in [1.54, 1.807) is 0 Å². The quantitative estimate of drug-likeness (QED) is 0.701. The molecule has 0 aromatic carbocycles. The Kier molecular flexibility index (Phi) is 2.31. The molecule has 15 heavy (non-hydrogen) atoms. The third kappa shape index (κ3) is 1.54. The standard InChI is InChI=1S/C12H14N2O/c1-8(2)12-10(7-15)14-5-4-9(3)6-11(14)13-12/h4-8H,1-3H3. The van der Waals surface area contributed by atoms with Crippen molar-refractivity contribution in [2.24, 2.45) is 0 Å². The maximum absolute atomic E-state index is 11.0. The molecule has 0 spiro atoms. The van der Waals surface area contributed by atoms with Gasteiger partial charge < -0.3 is 0 Å². The summed E-state index contributed by atoms with van der Waals surface area (Å²) >= 11 is 0. The van der Waals surface area contributed by atoms with E-state index in [-0.39, 0.29) is 5.92 Å². The van der Waals surface area contributed by atoms with Gasteiger partial charge in [0.25, 0.3) is 0 Å². The van der Waals surface area contributed by atoms with Crippen LogP contribution >= 0.6 is 0 Å². The Balaban J connectivity index is 2.78. The van der Waals surface area contributed by atoms with E-state index in [1.807, 2.05) is 43.5 Å². The number of aryl methyl sites for hydroxylation is 1. The van der Waals surface area contributed by atoms with Gasteiger partial charge in [0.05, 0.1) is 5.69 Å². The highest BCUT2D eigenvalue weighted by Gasteiger charge is 2.13. The van der Waals surface area contributed by atoms with Crippen molar-refractivity contribution in [2.45, 2.75) is 26.7 Å². The van der Waals surface area contributed by atoms with Crippen LogP contribution < -0.4 is 0 Å². The first-order chi connectivity index (χ1) is 7.13. The highest BCUT2D eigenvalue weighted by molar-refractivity contribution is 5.76. The molecule has 0 saturated carbocycles. The number of imidazole rings is 1. The molecular weight excluding hydrogens is 188 g/mol. The van der Waals surface area contributed by atoms with Crippen molar-refractivity contribution in [3.05, 3.63) is 35.3 Å². The predicted molar refractivity (Wildman–Crippen MR) is 59.4 cm³/mol. The molecule has 2 rings (SSSR count). The molecule has 0 fully saturated rings. The van der Waals surface area contributed by atoms with Gasteiger partial charge in [0, 0.05) is 6.20 Å². The lowest BCUT2D eigenvalue weighted by Gasteiger charge is -2.00. The molecule has 0 saturated heterocycles. The van der Waals surface area contributed by atoms with Crippen molar-refractivity contribution in [1.82, 2.24) is 9.38 Å². The van der Waals surface area contributed by atoms with Gasteiger partial charge in [-0.2, -0.15) is 0 Å². The number of aromatic nitrogens is 2. The van der Waals surface area contributed by atoms with E-state index in [0.29, 0.717) is 5.69 Å². The molecule has 0 aliphatic heterocycles. The normalized spacial score (nSPS) is 11.2. The summed E-state index contributed by atoms with van der Waals surface area (Å²) in [4.78, 5) is 15.5. The number of rotatable bonds is 2. The van der Waals surface area contributed by atoms with Gasteiger partial charge in [-0.25, -0.2) is 4.98 Å². The molecule has 3 heteroatoms. The Morgan fingerprint density at radius 3 is 2.80 bits per heavy atom. The average Bonchev–Trinajstić information content (AvgIpc) is 2.55. The zero-order valence-corrected chi connectivity index (χ0v) is 9.19. The van der Waals surface area contributed by atoms with Gasteiger partial charge in [-0.05, 0) is 30.5 Å². The minimum absolute atomic E-state index is 0.269. The molecule has 0 aliphatic rings. The molecular formula is C12H14N2O. The summed E-state index contributed by atoms with van der Waals surface area (Å²) < 4.78 is 1.84. The Morgan fingerprint density at radius 2 is 2.20 bits per heavy atom. The van der Waals surface area contributed by atoms with Crippen LogP contribution in [0.5, 0.6) is 0 Å². The van der Waals surface area contributed by atoms with Crippen molar-refractivity contribution >= 4 is 11.9 Å². The first kappa shape index (κ1) is 9.90. The minimum Gasteiger partial charge on any atom is -0.297 e. The van der Waals surface area contributed by atoms with Gasteiger partial charge in [0.15, 0.2) is 6.29 Å². The highest BCUT2D eigenvalue weighted by atomic mass is 16.1. The van der Waals surface area contributed by atoms with Crippen molar-refractivity contribution in [2.75, 3.05) is 0 Å². The molecule has 0 N–H and O–H groups in total. The topological polar surface area (TPSA) is 34.4 Å². The Morgan fingerprint density at radius 1 is 1.47 bits per heavy atom. The monoisotopic (exact) mass is 202 g/mol. The zero-order valence-electron chi connectivity index (χ0n) is 9.19. The minimum atomic E-state index is 0.269. The fourth-order valence-electron chi connectivity index (χ4n) is 1.73. The van der Waals surface area contributed by atoms with Crippen LogP contribution in [0.1, 0.15) is 41.5 Å². The fourth-order valence-corrected chi connectivity index (χ4v) is 1.73. The summed E-state index contributed by atoms with van der Waals surface area (Å²) in [6, 6.07) is 3.96. The van der Waals surface area contributed by atoms with Gasteiger partial charge in [-0.1, -0.05) is 13.8 Å². The molecule has 2 aromatic heterocycles. The number of fused-ring (bicyclic) bond motifs is 1.